The molecule has 4 heteroatoms. The van der Waals surface area contributed by atoms with Crippen LogP contribution in [0.5, 0.6) is 0 Å². The molecule has 3 rings (SSSR count). The van der Waals surface area contributed by atoms with Gasteiger partial charge in [0.2, 0.25) is 6.04 Å². The predicted molar refractivity (Wildman–Crippen MR) is 39.5 cm³/mol. The number of hydrogen-bond acceptors (Lipinski definition) is 2. The van der Waals surface area contributed by atoms with Crippen molar-refractivity contribution < 1.29 is 4.87 Å². The summed E-state index contributed by atoms with van der Waals surface area (Å²) >= 11 is 0. The van der Waals surface area contributed by atoms with Gasteiger partial charge in [-0.1, -0.05) is 0 Å². The average Bonchev–Trinajstić information content (AvgIpc) is 2.30. The Morgan fingerprint density at radius 1 is 1.27 bits per heavy atom. The molecule has 2 aliphatic heterocycles. The minimum Gasteiger partial charge on any atom is -0.704 e. The smallest absolute Gasteiger partial charge is 0.233 e. The van der Waals surface area contributed by atoms with Gasteiger partial charge in [0.25, 0.3) is 0 Å². The average molecular weight is 156 g/mol. The molecule has 2 atom stereocenters. The minimum atomic E-state index is -0.0220. The van der Waals surface area contributed by atoms with Crippen LogP contribution >= 0.6 is 0 Å². The van der Waals surface area contributed by atoms with Crippen molar-refractivity contribution in [2.24, 2.45) is 0 Å². The lowest BCUT2D eigenvalue weighted by Crippen LogP contribution is -2.45. The molecule has 3 aliphatic rings. The fraction of sp³-hybridized carbons (Fsp3) is 1.00. The first-order valence-corrected chi connectivity index (χ1v) is 4.21. The van der Waals surface area contributed by atoms with Crippen LogP contribution in [-0.4, -0.2) is 22.1 Å². The highest BCUT2D eigenvalue weighted by Crippen LogP contribution is 2.29. The molecular weight excluding hydrogens is 144 g/mol. The Balaban J connectivity index is 2.21. The van der Waals surface area contributed by atoms with E-state index in [0.29, 0.717) is 10.0 Å². The van der Waals surface area contributed by atoms with E-state index in [1.165, 1.54) is 0 Å². The third-order valence-corrected chi connectivity index (χ3v) is 2.73. The fourth-order valence-corrected chi connectivity index (χ4v) is 2.03. The molecule has 0 amide bonds. The van der Waals surface area contributed by atoms with Crippen LogP contribution in [0.15, 0.2) is 0 Å². The van der Waals surface area contributed by atoms with Gasteiger partial charge in [-0.15, -0.1) is 0 Å². The van der Waals surface area contributed by atoms with Gasteiger partial charge in [0, 0.05) is 12.8 Å². The second-order valence-electron chi connectivity index (χ2n) is 3.42. The van der Waals surface area contributed by atoms with E-state index in [4.69, 9.17) is 0 Å². The molecule has 3 fully saturated rings. The van der Waals surface area contributed by atoms with Gasteiger partial charge < -0.3 is 5.21 Å². The van der Waals surface area contributed by atoms with E-state index in [1.807, 2.05) is 0 Å². The van der Waals surface area contributed by atoms with Gasteiger partial charge in [0.05, 0.1) is 10.9 Å². The largest absolute Gasteiger partial charge is 0.704 e. The van der Waals surface area contributed by atoms with Gasteiger partial charge in [0.15, 0.2) is 0 Å². The summed E-state index contributed by atoms with van der Waals surface area (Å²) in [5.74, 6) is 0. The van der Waals surface area contributed by atoms with E-state index in [-0.39, 0.29) is 12.1 Å². The van der Waals surface area contributed by atoms with Gasteiger partial charge in [-0.25, -0.2) is 0 Å². The van der Waals surface area contributed by atoms with E-state index in [0.717, 1.165) is 32.1 Å². The van der Waals surface area contributed by atoms with Crippen molar-refractivity contribution in [3.8, 4) is 0 Å². The van der Waals surface area contributed by atoms with Crippen molar-refractivity contribution in [1.29, 1.82) is 0 Å². The summed E-state index contributed by atoms with van der Waals surface area (Å²) in [4.78, 5) is 11.8. The van der Waals surface area contributed by atoms with Crippen molar-refractivity contribution in [2.45, 2.75) is 44.2 Å². The summed E-state index contributed by atoms with van der Waals surface area (Å²) in [6.45, 7) is 0. The molecule has 62 valence electrons. The molecule has 2 heterocycles. The summed E-state index contributed by atoms with van der Waals surface area (Å²) < 4.78 is 0. The Labute approximate surface area is 65.3 Å². The number of hydrogen-bond donors (Lipinski definition) is 0. The Kier molecular flexibility index (Phi) is 1.56. The second-order valence-corrected chi connectivity index (χ2v) is 3.42. The standard InChI is InChI=1S/C7H12N2O2/c10-8-6-2-1-3-7(5-4-6)9(8)11/h6-7H,1-5H2. The number of hydroxylamine groups is 1. The van der Waals surface area contributed by atoms with Crippen LogP contribution in [-0.2, 0) is 0 Å². The molecule has 0 spiro atoms. The fourth-order valence-electron chi connectivity index (χ4n) is 2.03. The summed E-state index contributed by atoms with van der Waals surface area (Å²) in [6, 6.07) is -0.0440. The second kappa shape index (κ2) is 2.44. The van der Waals surface area contributed by atoms with E-state index >= 15 is 0 Å². The molecule has 0 aromatic heterocycles. The molecule has 0 aromatic carbocycles. The van der Waals surface area contributed by atoms with E-state index < -0.39 is 0 Å². The van der Waals surface area contributed by atoms with Gasteiger partial charge >= 0.3 is 0 Å². The van der Waals surface area contributed by atoms with Crippen LogP contribution in [0.4, 0.5) is 0 Å². The van der Waals surface area contributed by atoms with Crippen molar-refractivity contribution in [2.75, 3.05) is 0 Å². The predicted octanol–water partition coefficient (Wildman–Crippen LogP) is 1.20. The van der Waals surface area contributed by atoms with E-state index in [1.54, 1.807) is 0 Å². The Hall–Kier alpha value is -0.640. The number of fused-ring (bicyclic) bond motifs is 4. The third-order valence-electron chi connectivity index (χ3n) is 2.73. The maximum atomic E-state index is 11.1. The molecule has 4 nitrogen and oxygen atoms in total. The zero-order chi connectivity index (χ0) is 7.84. The summed E-state index contributed by atoms with van der Waals surface area (Å²) in [7, 11) is 0. The number of hydrazine groups is 1. The number of nitrogens with zero attached hydrogens (tertiary/aromatic N) is 2. The van der Waals surface area contributed by atoms with Gasteiger partial charge in [-0.2, -0.15) is 5.17 Å². The van der Waals surface area contributed by atoms with E-state index in [9.17, 15) is 10.1 Å². The molecule has 0 N–H and O–H groups in total. The molecule has 1 saturated carbocycles. The molecule has 1 aliphatic carbocycles. The summed E-state index contributed by atoms with van der Waals surface area (Å²) in [6.07, 6.45) is 4.66. The summed E-state index contributed by atoms with van der Waals surface area (Å²) in [5.41, 5.74) is 0. The number of nitroso groups, excluding NO2 is 1. The monoisotopic (exact) mass is 156 g/mol. The summed E-state index contributed by atoms with van der Waals surface area (Å²) in [5, 5.41) is 11.8. The van der Waals surface area contributed by atoms with Crippen LogP contribution in [0.3, 0.4) is 0 Å². The lowest BCUT2D eigenvalue weighted by atomic mass is 10.1. The maximum Gasteiger partial charge on any atom is 0.233 e. The highest BCUT2D eigenvalue weighted by molar-refractivity contribution is 4.77. The topological polar surface area (TPSA) is 46.4 Å². The molecule has 0 radical (unpaired) electrons. The van der Waals surface area contributed by atoms with Crippen LogP contribution in [0.2, 0.25) is 0 Å². The lowest BCUT2D eigenvalue weighted by molar-refractivity contribution is -0.736. The Morgan fingerprint density at radius 2 is 2.09 bits per heavy atom. The zero-order valence-electron chi connectivity index (χ0n) is 6.40. The number of rotatable bonds is 0. The lowest BCUT2D eigenvalue weighted by Gasteiger charge is -2.31. The molecule has 2 unspecified atom stereocenters. The minimum absolute atomic E-state index is 0.0220. The first-order chi connectivity index (χ1) is 5.29. The molecular formula is C7H12N2O2. The van der Waals surface area contributed by atoms with Gasteiger partial charge in [-0.3, -0.25) is 0 Å². The first kappa shape index (κ1) is 7.03. The molecule has 11 heavy (non-hydrogen) atoms. The maximum absolute atomic E-state index is 11.1. The van der Waals surface area contributed by atoms with Crippen molar-refractivity contribution in [3.63, 3.8) is 0 Å². The normalized spacial score (nSPS) is 37.5. The Morgan fingerprint density at radius 3 is 2.91 bits per heavy atom. The first-order valence-electron chi connectivity index (χ1n) is 4.21. The Bertz CT molecular complexity index is 175. The van der Waals surface area contributed by atoms with Crippen LogP contribution in [0, 0.1) is 10.1 Å². The molecule has 2 saturated heterocycles. The van der Waals surface area contributed by atoms with Crippen molar-refractivity contribution in [3.05, 3.63) is 10.1 Å². The van der Waals surface area contributed by atoms with Crippen LogP contribution in [0.25, 0.3) is 0 Å². The SMILES string of the molecule is O=[N+]1C2CCCC(CC2)N1[O-]. The third kappa shape index (κ3) is 1.01. The van der Waals surface area contributed by atoms with Crippen molar-refractivity contribution >= 4 is 0 Å². The van der Waals surface area contributed by atoms with Crippen LogP contribution in [0.1, 0.15) is 32.1 Å². The van der Waals surface area contributed by atoms with Gasteiger partial charge in [0.1, 0.15) is 4.87 Å². The van der Waals surface area contributed by atoms with Crippen molar-refractivity contribution in [1.82, 2.24) is 5.17 Å². The quantitative estimate of drug-likeness (QED) is 0.495. The van der Waals surface area contributed by atoms with Gasteiger partial charge in [-0.05, 0) is 19.3 Å². The zero-order valence-corrected chi connectivity index (χ0v) is 6.40. The highest BCUT2D eigenvalue weighted by atomic mass is 16.6. The molecule has 2 bridgehead atoms. The van der Waals surface area contributed by atoms with E-state index in [2.05, 4.69) is 0 Å². The van der Waals surface area contributed by atoms with Crippen LogP contribution < -0.4 is 0 Å². The molecule has 0 aromatic rings. The highest BCUT2D eigenvalue weighted by Gasteiger charge is 2.39.